The summed E-state index contributed by atoms with van der Waals surface area (Å²) in [6.45, 7) is 3.19. The number of benzene rings is 1. The maximum absolute atomic E-state index is 12.6. The molecule has 1 amide bonds. The summed E-state index contributed by atoms with van der Waals surface area (Å²) in [7, 11) is -5.42. The van der Waals surface area contributed by atoms with Gasteiger partial charge in [0.25, 0.3) is 15.7 Å². The second-order valence-electron chi connectivity index (χ2n) is 5.98. The molecule has 12 heteroatoms. The Bertz CT molecular complexity index is 1060. The number of hydrogen-bond donors (Lipinski definition) is 3. The Morgan fingerprint density at radius 2 is 1.76 bits per heavy atom. The van der Waals surface area contributed by atoms with Gasteiger partial charge in [0.15, 0.2) is 0 Å². The van der Waals surface area contributed by atoms with Crippen molar-refractivity contribution in [2.75, 3.05) is 0 Å². The van der Waals surface area contributed by atoms with E-state index in [1.807, 2.05) is 0 Å². The number of carbonyl (C=O) groups is 1. The Balaban J connectivity index is 2.15. The molecule has 0 atom stereocenters. The molecule has 0 aliphatic carbocycles. The highest BCUT2D eigenvalue weighted by Crippen LogP contribution is 2.42. The summed E-state index contributed by atoms with van der Waals surface area (Å²) in [5, 5.41) is 18.4. The number of rotatable bonds is 5. The fourth-order valence-electron chi connectivity index (χ4n) is 2.26. The highest BCUT2D eigenvalue weighted by molar-refractivity contribution is 9.12. The molecule has 156 valence electrons. The minimum absolute atomic E-state index is 0.0511. The van der Waals surface area contributed by atoms with Gasteiger partial charge in [-0.05, 0) is 53.0 Å². The molecule has 6 nitrogen and oxygen atoms in total. The first-order valence-corrected chi connectivity index (χ1v) is 11.0. The van der Waals surface area contributed by atoms with Crippen LogP contribution >= 0.6 is 27.7 Å². The maximum atomic E-state index is 12.6. The molecule has 0 saturated heterocycles. The van der Waals surface area contributed by atoms with Crippen molar-refractivity contribution in [1.29, 1.82) is 10.8 Å². The molecule has 0 radical (unpaired) electrons. The highest BCUT2D eigenvalue weighted by atomic mass is 79.9. The van der Waals surface area contributed by atoms with Gasteiger partial charge in [0.1, 0.15) is 5.04 Å². The van der Waals surface area contributed by atoms with E-state index in [4.69, 9.17) is 10.8 Å². The largest absolute Gasteiger partial charge is 0.501 e. The molecule has 0 saturated carbocycles. The van der Waals surface area contributed by atoms with E-state index in [9.17, 15) is 26.4 Å². The molecule has 2 rings (SSSR count). The fourth-order valence-corrected chi connectivity index (χ4v) is 4.99. The molecule has 0 spiro atoms. The lowest BCUT2D eigenvalue weighted by atomic mass is 10.1. The Morgan fingerprint density at radius 3 is 2.24 bits per heavy atom. The number of sulfone groups is 1. The monoisotopic (exact) mass is 509 g/mol. The summed E-state index contributed by atoms with van der Waals surface area (Å²) < 4.78 is 60.8. The van der Waals surface area contributed by atoms with Gasteiger partial charge in [0.05, 0.1) is 9.80 Å². The molecule has 1 aromatic rings. The summed E-state index contributed by atoms with van der Waals surface area (Å²) in [5.74, 6) is -0.510. The van der Waals surface area contributed by atoms with E-state index in [0.29, 0.717) is 21.2 Å². The van der Waals surface area contributed by atoms with Crippen molar-refractivity contribution < 1.29 is 26.4 Å². The predicted octanol–water partition coefficient (Wildman–Crippen LogP) is 4.28. The van der Waals surface area contributed by atoms with Crippen LogP contribution in [0.2, 0.25) is 0 Å². The van der Waals surface area contributed by atoms with E-state index in [-0.39, 0.29) is 22.2 Å². The van der Waals surface area contributed by atoms with Crippen molar-refractivity contribution in [3.8, 4) is 0 Å². The van der Waals surface area contributed by atoms with E-state index in [2.05, 4.69) is 21.2 Å². The molecule has 0 aromatic heterocycles. The summed E-state index contributed by atoms with van der Waals surface area (Å²) in [6.07, 6.45) is 0. The molecular formula is C17H15BrF3N3O3S2. The van der Waals surface area contributed by atoms with Crippen LogP contribution in [0.4, 0.5) is 13.2 Å². The molecule has 1 aliphatic heterocycles. The van der Waals surface area contributed by atoms with Crippen LogP contribution in [-0.4, -0.2) is 30.6 Å². The zero-order valence-corrected chi connectivity index (χ0v) is 18.3. The SMILES string of the molecule is CC(=N)/C(C)=C1\C(=N)SC(C(=O)NCc2ccc(S(=O)(=O)C(F)(F)F)cc2)=C1Br. The Labute approximate surface area is 177 Å². The van der Waals surface area contributed by atoms with Crippen molar-refractivity contribution >= 4 is 54.2 Å². The first-order chi connectivity index (χ1) is 13.3. The summed E-state index contributed by atoms with van der Waals surface area (Å²) in [4.78, 5) is 11.8. The van der Waals surface area contributed by atoms with Crippen molar-refractivity contribution in [2.45, 2.75) is 30.8 Å². The summed E-state index contributed by atoms with van der Waals surface area (Å²) in [6, 6.07) is 4.02. The van der Waals surface area contributed by atoms with Gasteiger partial charge in [-0.25, -0.2) is 8.42 Å². The molecular weight excluding hydrogens is 495 g/mol. The second kappa shape index (κ2) is 8.44. The van der Waals surface area contributed by atoms with Crippen LogP contribution in [0.5, 0.6) is 0 Å². The third kappa shape index (κ3) is 4.81. The quantitative estimate of drug-likeness (QED) is 0.514. The third-order valence-electron chi connectivity index (χ3n) is 3.99. The minimum Gasteiger partial charge on any atom is -0.347 e. The van der Waals surface area contributed by atoms with Gasteiger partial charge in [-0.1, -0.05) is 23.9 Å². The van der Waals surface area contributed by atoms with Crippen molar-refractivity contribution in [3.63, 3.8) is 0 Å². The van der Waals surface area contributed by atoms with Crippen LogP contribution in [0.1, 0.15) is 19.4 Å². The lowest BCUT2D eigenvalue weighted by molar-refractivity contribution is -0.116. The number of alkyl halides is 3. The molecule has 0 unspecified atom stereocenters. The number of nitrogens with one attached hydrogen (secondary N) is 3. The number of allylic oxidation sites excluding steroid dienone is 2. The van der Waals surface area contributed by atoms with Crippen LogP contribution < -0.4 is 5.32 Å². The lowest BCUT2D eigenvalue weighted by Gasteiger charge is -2.09. The molecule has 0 fully saturated rings. The van der Waals surface area contributed by atoms with Gasteiger partial charge < -0.3 is 10.7 Å². The summed E-state index contributed by atoms with van der Waals surface area (Å²) >= 11 is 4.21. The number of halogens is 4. The first kappa shape index (κ1) is 23.4. The van der Waals surface area contributed by atoms with Crippen molar-refractivity contribution in [1.82, 2.24) is 5.32 Å². The second-order valence-corrected chi connectivity index (χ2v) is 9.73. The number of hydrogen-bond acceptors (Lipinski definition) is 6. The van der Waals surface area contributed by atoms with Gasteiger partial charge in [-0.2, -0.15) is 13.2 Å². The normalized spacial score (nSPS) is 16.8. The molecule has 29 heavy (non-hydrogen) atoms. The molecule has 3 N–H and O–H groups in total. The van der Waals surface area contributed by atoms with Crippen LogP contribution in [0.15, 0.2) is 49.7 Å². The Morgan fingerprint density at radius 1 is 1.21 bits per heavy atom. The van der Waals surface area contributed by atoms with Crippen molar-refractivity contribution in [2.24, 2.45) is 0 Å². The Kier molecular flexibility index (Phi) is 6.80. The molecule has 1 heterocycles. The molecule has 0 bridgehead atoms. The molecule has 1 aromatic carbocycles. The number of carbonyl (C=O) groups excluding carboxylic acids is 1. The van der Waals surface area contributed by atoms with E-state index in [1.165, 1.54) is 12.1 Å². The van der Waals surface area contributed by atoms with E-state index >= 15 is 0 Å². The van der Waals surface area contributed by atoms with Crippen LogP contribution in [0.25, 0.3) is 0 Å². The third-order valence-corrected chi connectivity index (χ3v) is 7.54. The van der Waals surface area contributed by atoms with E-state index in [1.54, 1.807) is 13.8 Å². The van der Waals surface area contributed by atoms with Crippen molar-refractivity contribution in [3.05, 3.63) is 50.4 Å². The fraction of sp³-hybridized carbons (Fsp3) is 0.235. The van der Waals surface area contributed by atoms with Gasteiger partial charge in [0, 0.05) is 22.3 Å². The standard InChI is InChI=1S/C17H15BrF3N3O3S2/c1-8(9(2)22)12-13(18)14(28-15(12)23)16(25)24-7-10-3-5-11(6-4-10)29(26,27)17(19,20)21/h3-6,22-23H,7H2,1-2H3,(H,24,25)/b12-8-,22-9?,23-15?. The van der Waals surface area contributed by atoms with Crippen LogP contribution in [-0.2, 0) is 21.2 Å². The van der Waals surface area contributed by atoms with E-state index in [0.717, 1.165) is 23.9 Å². The van der Waals surface area contributed by atoms with Gasteiger partial charge in [-0.15, -0.1) is 0 Å². The smallest absolute Gasteiger partial charge is 0.347 e. The van der Waals surface area contributed by atoms with Gasteiger partial charge in [0.2, 0.25) is 0 Å². The minimum atomic E-state index is -5.42. The summed E-state index contributed by atoms with van der Waals surface area (Å²) in [5.41, 5.74) is -3.72. The van der Waals surface area contributed by atoms with E-state index < -0.39 is 26.1 Å². The zero-order valence-electron chi connectivity index (χ0n) is 15.1. The average molecular weight is 510 g/mol. The van der Waals surface area contributed by atoms with Gasteiger partial charge in [-0.3, -0.25) is 10.2 Å². The molecule has 1 aliphatic rings. The average Bonchev–Trinajstić information content (AvgIpc) is 2.92. The zero-order chi connectivity index (χ0) is 22.1. The lowest BCUT2D eigenvalue weighted by Crippen LogP contribution is -2.24. The predicted molar refractivity (Wildman–Crippen MR) is 109 cm³/mol. The topological polar surface area (TPSA) is 111 Å². The van der Waals surface area contributed by atoms with Crippen LogP contribution in [0.3, 0.4) is 0 Å². The maximum Gasteiger partial charge on any atom is 0.501 e. The van der Waals surface area contributed by atoms with Crippen LogP contribution in [0, 0.1) is 10.8 Å². The number of thioether (sulfide) groups is 1. The Hall–Kier alpha value is -1.92. The highest BCUT2D eigenvalue weighted by Gasteiger charge is 2.46. The van der Waals surface area contributed by atoms with Gasteiger partial charge >= 0.3 is 5.51 Å². The first-order valence-electron chi connectivity index (χ1n) is 7.89. The number of amides is 1.